The molecule has 28 heavy (non-hydrogen) atoms. The Bertz CT molecular complexity index is 860. The van der Waals surface area contributed by atoms with Crippen molar-refractivity contribution in [3.05, 3.63) is 65.2 Å². The second-order valence-electron chi connectivity index (χ2n) is 7.84. The van der Waals surface area contributed by atoms with E-state index in [1.165, 1.54) is 18.2 Å². The topological polar surface area (TPSA) is 55.6 Å². The average molecular weight is 406 g/mol. The highest BCUT2D eigenvalue weighted by atomic mass is 32.2. The Hall–Kier alpha value is -2.12. The lowest BCUT2D eigenvalue weighted by atomic mass is 9.93. The molecule has 1 aliphatic heterocycles. The Morgan fingerprint density at radius 3 is 2.75 bits per heavy atom. The number of primary amides is 1. The summed E-state index contributed by atoms with van der Waals surface area (Å²) < 4.78 is 33.4. The van der Waals surface area contributed by atoms with Crippen molar-refractivity contribution in [3.63, 3.8) is 0 Å². The number of thioether (sulfide) groups is 1. The molecule has 0 aliphatic carbocycles. The van der Waals surface area contributed by atoms with E-state index in [0.717, 1.165) is 24.7 Å². The molecule has 2 aromatic rings. The first-order chi connectivity index (χ1) is 13.2. The lowest BCUT2D eigenvalue weighted by Gasteiger charge is -2.23. The van der Waals surface area contributed by atoms with Gasteiger partial charge < -0.3 is 10.5 Å². The van der Waals surface area contributed by atoms with Crippen LogP contribution in [0.15, 0.2) is 42.5 Å². The molecular formula is C21H24F2N2O2S. The van der Waals surface area contributed by atoms with Crippen molar-refractivity contribution in [3.8, 4) is 5.75 Å². The molecule has 4 nitrogen and oxygen atoms in total. The van der Waals surface area contributed by atoms with E-state index in [0.29, 0.717) is 23.4 Å². The van der Waals surface area contributed by atoms with Crippen molar-refractivity contribution >= 4 is 17.0 Å². The van der Waals surface area contributed by atoms with Crippen LogP contribution in [-0.4, -0.2) is 22.1 Å². The molecule has 1 atom stereocenters. The van der Waals surface area contributed by atoms with Crippen LogP contribution in [0.25, 0.3) is 0 Å². The Balaban J connectivity index is 1.65. The zero-order valence-corrected chi connectivity index (χ0v) is 16.8. The zero-order chi connectivity index (χ0) is 20.3. The van der Waals surface area contributed by atoms with Gasteiger partial charge in [0.2, 0.25) is 0 Å². The number of carbonyl (C=O) groups excluding carboxylic acids is 1. The van der Waals surface area contributed by atoms with Gasteiger partial charge in [0, 0.05) is 24.7 Å². The smallest absolute Gasteiger partial charge is 0.278 e. The van der Waals surface area contributed by atoms with Crippen LogP contribution in [0.1, 0.15) is 31.4 Å². The third kappa shape index (κ3) is 5.45. The molecule has 150 valence electrons. The molecule has 1 saturated heterocycles. The van der Waals surface area contributed by atoms with E-state index in [-0.39, 0.29) is 29.0 Å². The standard InChI is InChI=1S/C21H24F2N2O2S/c1-21(2)10-19(28-20(24)26)25(13-21)11-15-6-7-17(9-18(15)23)27-12-14-4-3-5-16(22)8-14/h3-9,19H,10-13H2,1-2H3,(H2,24,26). The van der Waals surface area contributed by atoms with E-state index in [1.54, 1.807) is 24.3 Å². The molecule has 0 radical (unpaired) electrons. The number of ether oxygens (including phenoxy) is 1. The number of hydrogen-bond donors (Lipinski definition) is 1. The summed E-state index contributed by atoms with van der Waals surface area (Å²) in [7, 11) is 0. The van der Waals surface area contributed by atoms with Gasteiger partial charge in [0.05, 0.1) is 5.37 Å². The van der Waals surface area contributed by atoms with E-state index < -0.39 is 5.24 Å². The van der Waals surface area contributed by atoms with Crippen LogP contribution in [0.5, 0.6) is 5.75 Å². The number of carbonyl (C=O) groups is 1. The first-order valence-electron chi connectivity index (χ1n) is 9.08. The van der Waals surface area contributed by atoms with Gasteiger partial charge in [0.15, 0.2) is 0 Å². The Morgan fingerprint density at radius 1 is 1.29 bits per heavy atom. The SMILES string of the molecule is CC1(C)CC(SC(N)=O)N(Cc2ccc(OCc3cccc(F)c3)cc2F)C1. The summed E-state index contributed by atoms with van der Waals surface area (Å²) in [4.78, 5) is 13.4. The summed E-state index contributed by atoms with van der Waals surface area (Å²) >= 11 is 1.09. The maximum absolute atomic E-state index is 14.6. The van der Waals surface area contributed by atoms with E-state index >= 15 is 0 Å². The summed E-state index contributed by atoms with van der Waals surface area (Å²) in [5, 5.41) is -0.481. The van der Waals surface area contributed by atoms with E-state index in [1.807, 2.05) is 0 Å². The summed E-state index contributed by atoms with van der Waals surface area (Å²) in [5.74, 6) is -0.320. The number of amides is 1. The molecule has 0 bridgehead atoms. The minimum absolute atomic E-state index is 0.0393. The fourth-order valence-corrected chi connectivity index (χ4v) is 4.59. The molecule has 3 rings (SSSR count). The molecule has 0 aromatic heterocycles. The van der Waals surface area contributed by atoms with Crippen molar-refractivity contribution in [2.75, 3.05) is 6.54 Å². The van der Waals surface area contributed by atoms with Crippen LogP contribution >= 0.6 is 11.8 Å². The van der Waals surface area contributed by atoms with Gasteiger partial charge in [-0.25, -0.2) is 8.78 Å². The normalized spacial score (nSPS) is 18.9. The van der Waals surface area contributed by atoms with Gasteiger partial charge in [0.25, 0.3) is 5.24 Å². The molecule has 1 unspecified atom stereocenters. The molecular weight excluding hydrogens is 382 g/mol. The van der Waals surface area contributed by atoms with Gasteiger partial charge >= 0.3 is 0 Å². The summed E-state index contributed by atoms with van der Waals surface area (Å²) in [5.41, 5.74) is 6.59. The number of benzene rings is 2. The van der Waals surface area contributed by atoms with E-state index in [4.69, 9.17) is 10.5 Å². The molecule has 1 aliphatic rings. The third-order valence-corrected chi connectivity index (χ3v) is 5.68. The highest BCUT2D eigenvalue weighted by Crippen LogP contribution is 2.40. The summed E-state index contributed by atoms with van der Waals surface area (Å²) in [6.45, 7) is 5.57. The van der Waals surface area contributed by atoms with E-state index in [9.17, 15) is 13.6 Å². The van der Waals surface area contributed by atoms with Crippen molar-refractivity contribution in [1.29, 1.82) is 0 Å². The van der Waals surface area contributed by atoms with Crippen molar-refractivity contribution in [2.45, 2.75) is 38.8 Å². The molecule has 7 heteroatoms. The number of nitrogens with zero attached hydrogens (tertiary/aromatic N) is 1. The highest BCUT2D eigenvalue weighted by molar-refractivity contribution is 8.14. The van der Waals surface area contributed by atoms with Gasteiger partial charge in [-0.1, -0.05) is 32.0 Å². The number of likely N-dealkylation sites (tertiary alicyclic amines) is 1. The first kappa shape index (κ1) is 20.6. The first-order valence-corrected chi connectivity index (χ1v) is 9.96. The van der Waals surface area contributed by atoms with Gasteiger partial charge in [-0.05, 0) is 47.4 Å². The maximum atomic E-state index is 14.6. The van der Waals surface area contributed by atoms with Gasteiger partial charge in [-0.15, -0.1) is 0 Å². The van der Waals surface area contributed by atoms with Crippen LogP contribution in [0.2, 0.25) is 0 Å². The number of nitrogens with two attached hydrogens (primary N) is 1. The second-order valence-corrected chi connectivity index (χ2v) is 9.02. The molecule has 0 spiro atoms. The number of rotatable bonds is 6. The minimum atomic E-state index is -0.422. The van der Waals surface area contributed by atoms with Crippen LogP contribution in [-0.2, 0) is 13.2 Å². The molecule has 1 fully saturated rings. The minimum Gasteiger partial charge on any atom is -0.489 e. The largest absolute Gasteiger partial charge is 0.489 e. The number of halogens is 2. The zero-order valence-electron chi connectivity index (χ0n) is 16.0. The van der Waals surface area contributed by atoms with Gasteiger partial charge in [-0.3, -0.25) is 9.69 Å². The predicted molar refractivity (Wildman–Crippen MR) is 107 cm³/mol. The van der Waals surface area contributed by atoms with Crippen LogP contribution in [0.3, 0.4) is 0 Å². The quantitative estimate of drug-likeness (QED) is 0.740. The molecule has 0 saturated carbocycles. The van der Waals surface area contributed by atoms with Crippen molar-refractivity contribution in [2.24, 2.45) is 11.1 Å². The van der Waals surface area contributed by atoms with Crippen LogP contribution in [0, 0.1) is 17.0 Å². The third-order valence-electron chi connectivity index (χ3n) is 4.71. The monoisotopic (exact) mass is 406 g/mol. The molecule has 1 amide bonds. The van der Waals surface area contributed by atoms with Crippen molar-refractivity contribution in [1.82, 2.24) is 4.90 Å². The fourth-order valence-electron chi connectivity index (χ4n) is 3.48. The Labute approximate surface area is 168 Å². The predicted octanol–water partition coefficient (Wildman–Crippen LogP) is 4.91. The number of hydrogen-bond acceptors (Lipinski definition) is 4. The van der Waals surface area contributed by atoms with Crippen LogP contribution in [0.4, 0.5) is 13.6 Å². The molecule has 1 heterocycles. The molecule has 2 aromatic carbocycles. The molecule has 2 N–H and O–H groups in total. The van der Waals surface area contributed by atoms with Gasteiger partial charge in [-0.2, -0.15) is 0 Å². The lowest BCUT2D eigenvalue weighted by molar-refractivity contribution is 0.262. The Kier molecular flexibility index (Phi) is 6.25. The average Bonchev–Trinajstić information content (AvgIpc) is 2.88. The van der Waals surface area contributed by atoms with Gasteiger partial charge in [0.1, 0.15) is 24.0 Å². The summed E-state index contributed by atoms with van der Waals surface area (Å²) in [6, 6.07) is 10.8. The summed E-state index contributed by atoms with van der Waals surface area (Å²) in [6.07, 6.45) is 0.817. The second kappa shape index (κ2) is 8.49. The van der Waals surface area contributed by atoms with Crippen molar-refractivity contribution < 1.29 is 18.3 Å². The Morgan fingerprint density at radius 2 is 2.07 bits per heavy atom. The fraction of sp³-hybridized carbons (Fsp3) is 0.381. The highest BCUT2D eigenvalue weighted by Gasteiger charge is 2.38. The lowest BCUT2D eigenvalue weighted by Crippen LogP contribution is -2.29. The maximum Gasteiger partial charge on any atom is 0.278 e. The van der Waals surface area contributed by atoms with E-state index in [2.05, 4.69) is 18.7 Å². The van der Waals surface area contributed by atoms with Crippen LogP contribution < -0.4 is 10.5 Å².